The number of hydrogen-bond donors (Lipinski definition) is 1. The lowest BCUT2D eigenvalue weighted by molar-refractivity contribution is -0.131. The zero-order valence-electron chi connectivity index (χ0n) is 20.4. The maximum atomic E-state index is 14.2. The summed E-state index contributed by atoms with van der Waals surface area (Å²) in [6.45, 7) is 2.18. The lowest BCUT2D eigenvalue weighted by Crippen LogP contribution is -2.40. The fourth-order valence-corrected chi connectivity index (χ4v) is 6.58. The van der Waals surface area contributed by atoms with E-state index in [-0.39, 0.29) is 34.7 Å². The maximum Gasteiger partial charge on any atom is 0.243 e. The van der Waals surface area contributed by atoms with Gasteiger partial charge in [0.15, 0.2) is 23.1 Å². The van der Waals surface area contributed by atoms with Crippen molar-refractivity contribution in [2.45, 2.75) is 10.8 Å². The van der Waals surface area contributed by atoms with E-state index in [1.54, 1.807) is 18.0 Å². The summed E-state index contributed by atoms with van der Waals surface area (Å²) in [5.41, 5.74) is 2.36. The van der Waals surface area contributed by atoms with Crippen LogP contribution in [0.3, 0.4) is 0 Å². The molecule has 2 aromatic carbocycles. The van der Waals surface area contributed by atoms with Crippen molar-refractivity contribution in [2.24, 2.45) is 0 Å². The highest BCUT2D eigenvalue weighted by Gasteiger charge is 2.39. The van der Waals surface area contributed by atoms with Crippen molar-refractivity contribution in [2.75, 3.05) is 60.1 Å². The van der Waals surface area contributed by atoms with E-state index in [9.17, 15) is 17.6 Å². The van der Waals surface area contributed by atoms with Gasteiger partial charge in [-0.3, -0.25) is 4.79 Å². The van der Waals surface area contributed by atoms with Gasteiger partial charge in [-0.15, -0.1) is 0 Å². The Labute approximate surface area is 219 Å². The van der Waals surface area contributed by atoms with Crippen molar-refractivity contribution >= 4 is 27.5 Å². The lowest BCUT2D eigenvalue weighted by atomic mass is 9.96. The Balaban J connectivity index is 1.29. The number of carbonyl (C=O) groups excluding carboxylic acids is 1. The standard InChI is InChI=1S/C25H27ClFN3O6S/c1-28-10-19(15-7-20(26)24(27)23(8-15)34-2)25(31)29-11-16-13-30(14-17(16)12-29)37(32,33)18-3-4-21-22(9-18)36-6-5-35-21/h3-4,7-9,19,28H,5-6,10-14H2,1-2H3. The number of carbonyl (C=O) groups is 1. The van der Waals surface area contributed by atoms with Gasteiger partial charge in [-0.25, -0.2) is 12.8 Å². The minimum absolute atomic E-state index is 0.0292. The number of hydrogen-bond acceptors (Lipinski definition) is 7. The van der Waals surface area contributed by atoms with E-state index in [0.717, 1.165) is 11.1 Å². The van der Waals surface area contributed by atoms with Crippen LogP contribution in [0.1, 0.15) is 11.5 Å². The second kappa shape index (κ2) is 10.1. The molecule has 198 valence electrons. The second-order valence-corrected chi connectivity index (χ2v) is 11.5. The first-order valence-electron chi connectivity index (χ1n) is 11.8. The van der Waals surface area contributed by atoms with Gasteiger partial charge in [0.25, 0.3) is 0 Å². The van der Waals surface area contributed by atoms with Gasteiger partial charge in [0, 0.05) is 38.8 Å². The highest BCUT2D eigenvalue weighted by molar-refractivity contribution is 7.89. The summed E-state index contributed by atoms with van der Waals surface area (Å²) < 4.78 is 58.4. The summed E-state index contributed by atoms with van der Waals surface area (Å²) in [7, 11) is -0.690. The lowest BCUT2D eigenvalue weighted by Gasteiger charge is -2.27. The molecule has 3 aliphatic heterocycles. The Morgan fingerprint density at radius 1 is 1.11 bits per heavy atom. The smallest absolute Gasteiger partial charge is 0.243 e. The van der Waals surface area contributed by atoms with E-state index in [2.05, 4.69) is 5.32 Å². The quantitative estimate of drug-likeness (QED) is 0.528. The molecule has 0 saturated heterocycles. The Morgan fingerprint density at radius 3 is 2.43 bits per heavy atom. The van der Waals surface area contributed by atoms with Crippen LogP contribution in [0.4, 0.5) is 4.39 Å². The first-order valence-corrected chi connectivity index (χ1v) is 13.6. The minimum atomic E-state index is -3.76. The molecule has 5 rings (SSSR count). The van der Waals surface area contributed by atoms with Gasteiger partial charge in [-0.1, -0.05) is 11.6 Å². The number of fused-ring (bicyclic) bond motifs is 1. The molecule has 3 aliphatic rings. The van der Waals surface area contributed by atoms with Crippen molar-refractivity contribution in [1.29, 1.82) is 0 Å². The van der Waals surface area contributed by atoms with E-state index < -0.39 is 21.8 Å². The first-order chi connectivity index (χ1) is 17.7. The monoisotopic (exact) mass is 551 g/mol. The molecule has 0 fully saturated rings. The van der Waals surface area contributed by atoms with Gasteiger partial charge in [0.1, 0.15) is 13.2 Å². The average molecular weight is 552 g/mol. The normalized spacial score (nSPS) is 18.2. The fraction of sp³-hybridized carbons (Fsp3) is 0.400. The van der Waals surface area contributed by atoms with Gasteiger partial charge in [0.2, 0.25) is 15.9 Å². The molecule has 1 N–H and O–H groups in total. The van der Waals surface area contributed by atoms with E-state index in [0.29, 0.717) is 49.9 Å². The molecule has 12 heteroatoms. The van der Waals surface area contributed by atoms with Crippen LogP contribution in [0.5, 0.6) is 17.2 Å². The molecule has 0 spiro atoms. The van der Waals surface area contributed by atoms with Crippen molar-refractivity contribution < 1.29 is 31.8 Å². The number of rotatable bonds is 7. The zero-order chi connectivity index (χ0) is 26.3. The molecule has 0 aliphatic carbocycles. The molecule has 0 aromatic heterocycles. The SMILES string of the molecule is CNCC(C(=O)N1CC2=C(C1)CN(S(=O)(=O)c1ccc3c(c1)OCCO3)C2)c1cc(Cl)c(F)c(OC)c1. The number of nitrogens with one attached hydrogen (secondary N) is 1. The molecule has 0 saturated carbocycles. The number of sulfonamides is 1. The molecule has 1 atom stereocenters. The highest BCUT2D eigenvalue weighted by atomic mass is 35.5. The third-order valence-electron chi connectivity index (χ3n) is 6.81. The highest BCUT2D eigenvalue weighted by Crippen LogP contribution is 2.37. The van der Waals surface area contributed by atoms with Crippen molar-refractivity contribution in [3.63, 3.8) is 0 Å². The number of amides is 1. The molecular weight excluding hydrogens is 525 g/mol. The molecule has 2 aromatic rings. The van der Waals surface area contributed by atoms with Crippen LogP contribution in [0.15, 0.2) is 46.4 Å². The Bertz CT molecular complexity index is 1360. The molecule has 9 nitrogen and oxygen atoms in total. The van der Waals surface area contributed by atoms with Crippen LogP contribution in [0.2, 0.25) is 5.02 Å². The van der Waals surface area contributed by atoms with Crippen molar-refractivity contribution in [3.8, 4) is 17.2 Å². The van der Waals surface area contributed by atoms with Crippen LogP contribution in [0.25, 0.3) is 0 Å². The number of methoxy groups -OCH3 is 1. The van der Waals surface area contributed by atoms with Gasteiger partial charge >= 0.3 is 0 Å². The summed E-state index contributed by atoms with van der Waals surface area (Å²) in [6, 6.07) is 7.55. The van der Waals surface area contributed by atoms with E-state index in [1.165, 1.54) is 35.7 Å². The van der Waals surface area contributed by atoms with Crippen LogP contribution in [0, 0.1) is 5.82 Å². The molecule has 3 heterocycles. The molecule has 0 radical (unpaired) electrons. The van der Waals surface area contributed by atoms with E-state index in [1.807, 2.05) is 0 Å². The second-order valence-electron chi connectivity index (χ2n) is 9.11. The van der Waals surface area contributed by atoms with Crippen LogP contribution in [-0.2, 0) is 14.8 Å². The number of nitrogens with zero attached hydrogens (tertiary/aromatic N) is 2. The van der Waals surface area contributed by atoms with Gasteiger partial charge in [-0.05, 0) is 48.0 Å². The third kappa shape index (κ3) is 4.76. The first kappa shape index (κ1) is 25.8. The summed E-state index contributed by atoms with van der Waals surface area (Å²) in [6.07, 6.45) is 0. The average Bonchev–Trinajstić information content (AvgIpc) is 3.48. The van der Waals surface area contributed by atoms with Gasteiger partial charge in [0.05, 0.1) is 22.9 Å². The summed E-state index contributed by atoms with van der Waals surface area (Å²) in [4.78, 5) is 15.4. The predicted molar refractivity (Wildman–Crippen MR) is 134 cm³/mol. The summed E-state index contributed by atoms with van der Waals surface area (Å²) in [5, 5.41) is 2.89. The molecular formula is C25H27ClFN3O6S. The van der Waals surface area contributed by atoms with Gasteiger partial charge in [-0.2, -0.15) is 4.31 Å². The number of halogens is 2. The van der Waals surface area contributed by atoms with Crippen molar-refractivity contribution in [3.05, 3.63) is 57.9 Å². The minimum Gasteiger partial charge on any atom is -0.494 e. The van der Waals surface area contributed by atoms with Crippen LogP contribution >= 0.6 is 11.6 Å². The zero-order valence-corrected chi connectivity index (χ0v) is 22.0. The molecule has 0 bridgehead atoms. The molecule has 1 unspecified atom stereocenters. The number of benzene rings is 2. The van der Waals surface area contributed by atoms with E-state index >= 15 is 0 Å². The Hall–Kier alpha value is -2.86. The third-order valence-corrected chi connectivity index (χ3v) is 8.87. The Morgan fingerprint density at radius 2 is 1.78 bits per heavy atom. The summed E-state index contributed by atoms with van der Waals surface area (Å²) >= 11 is 6.05. The molecule has 1 amide bonds. The van der Waals surface area contributed by atoms with E-state index in [4.69, 9.17) is 25.8 Å². The van der Waals surface area contributed by atoms with Crippen molar-refractivity contribution in [1.82, 2.24) is 14.5 Å². The van der Waals surface area contributed by atoms with Gasteiger partial charge < -0.3 is 24.4 Å². The number of likely N-dealkylation sites (N-methyl/N-ethyl adjacent to an activating group) is 1. The maximum absolute atomic E-state index is 14.2. The topological polar surface area (TPSA) is 97.4 Å². The molecule has 37 heavy (non-hydrogen) atoms. The Kier molecular flexibility index (Phi) is 7.06. The predicted octanol–water partition coefficient (Wildman–Crippen LogP) is 2.41. The summed E-state index contributed by atoms with van der Waals surface area (Å²) in [5.74, 6) is -0.540. The van der Waals surface area contributed by atoms with Crippen LogP contribution < -0.4 is 19.5 Å². The van der Waals surface area contributed by atoms with Crippen LogP contribution in [-0.4, -0.2) is 83.6 Å². The fourth-order valence-electron chi connectivity index (χ4n) is 4.91. The largest absolute Gasteiger partial charge is 0.494 e. The number of ether oxygens (including phenoxy) is 3.